The average Bonchev–Trinajstić information content (AvgIpc) is 3.16. The van der Waals surface area contributed by atoms with Crippen LogP contribution in [0.1, 0.15) is 58.9 Å². The predicted molar refractivity (Wildman–Crippen MR) is 85.4 cm³/mol. The molecule has 1 N–H and O–H groups in total. The number of hydrogen-bond donors (Lipinski definition) is 1. The lowest BCUT2D eigenvalue weighted by Gasteiger charge is -2.37. The maximum Gasteiger partial charge on any atom is 0.266 e. The first-order valence-electron chi connectivity index (χ1n) is 8.11. The number of morpholine rings is 1. The summed E-state index contributed by atoms with van der Waals surface area (Å²) in [4.78, 5) is 20.1. The fourth-order valence-corrected chi connectivity index (χ4v) is 4.50. The van der Waals surface area contributed by atoms with E-state index < -0.39 is 0 Å². The van der Waals surface area contributed by atoms with E-state index in [1.807, 2.05) is 18.7 Å². The number of rotatable bonds is 3. The number of aryl methyl sites for hydroxylation is 1. The topological polar surface area (TPSA) is 62.7 Å². The fourth-order valence-electron chi connectivity index (χ4n) is 3.30. The Labute approximate surface area is 135 Å². The van der Waals surface area contributed by atoms with Gasteiger partial charge in [0.2, 0.25) is 0 Å². The molecule has 1 aliphatic carbocycles. The highest BCUT2D eigenvalue weighted by atomic mass is 32.1. The maximum atomic E-state index is 12.9. The number of aliphatic hydroxyl groups excluding tert-OH is 1. The van der Waals surface area contributed by atoms with Gasteiger partial charge >= 0.3 is 0 Å². The van der Waals surface area contributed by atoms with Crippen LogP contribution in [0.15, 0.2) is 0 Å². The maximum absolute atomic E-state index is 12.9. The molecule has 1 amide bonds. The molecule has 2 aliphatic rings. The van der Waals surface area contributed by atoms with Crippen LogP contribution in [-0.2, 0) is 4.74 Å². The predicted octanol–water partition coefficient (Wildman–Crippen LogP) is 2.33. The Kier molecular flexibility index (Phi) is 4.80. The summed E-state index contributed by atoms with van der Waals surface area (Å²) in [5.41, 5.74) is 0.844. The monoisotopic (exact) mass is 324 g/mol. The molecule has 1 aromatic heterocycles. The van der Waals surface area contributed by atoms with E-state index in [0.717, 1.165) is 15.6 Å². The fraction of sp³-hybridized carbons (Fsp3) is 0.750. The van der Waals surface area contributed by atoms with Crippen molar-refractivity contribution < 1.29 is 14.6 Å². The molecule has 122 valence electrons. The molecule has 1 aliphatic heterocycles. The van der Waals surface area contributed by atoms with E-state index >= 15 is 0 Å². The number of hydrogen-bond acceptors (Lipinski definition) is 5. The molecule has 2 atom stereocenters. The molecule has 0 aromatic carbocycles. The van der Waals surface area contributed by atoms with Gasteiger partial charge in [0, 0.05) is 12.5 Å². The Morgan fingerprint density at radius 1 is 1.45 bits per heavy atom. The Morgan fingerprint density at radius 2 is 2.18 bits per heavy atom. The van der Waals surface area contributed by atoms with Crippen molar-refractivity contribution in [2.45, 2.75) is 57.6 Å². The molecular formula is C16H24N2O3S. The number of carbonyl (C=O) groups excluding carboxylic acids is 1. The van der Waals surface area contributed by atoms with Gasteiger partial charge in [0.1, 0.15) is 4.88 Å². The van der Waals surface area contributed by atoms with E-state index in [4.69, 9.17) is 4.74 Å². The summed E-state index contributed by atoms with van der Waals surface area (Å²) in [5, 5.41) is 10.4. The van der Waals surface area contributed by atoms with Gasteiger partial charge < -0.3 is 14.7 Å². The lowest BCUT2D eigenvalue weighted by Crippen LogP contribution is -2.52. The summed E-state index contributed by atoms with van der Waals surface area (Å²) in [5.74, 6) is 0.575. The van der Waals surface area contributed by atoms with Crippen molar-refractivity contribution in [1.82, 2.24) is 9.88 Å². The van der Waals surface area contributed by atoms with Gasteiger partial charge in [0.05, 0.1) is 36.1 Å². The van der Waals surface area contributed by atoms with E-state index in [9.17, 15) is 9.90 Å². The molecule has 1 saturated carbocycles. The van der Waals surface area contributed by atoms with Crippen LogP contribution in [0, 0.1) is 6.92 Å². The summed E-state index contributed by atoms with van der Waals surface area (Å²) >= 11 is 1.56. The molecular weight excluding hydrogens is 300 g/mol. The lowest BCUT2D eigenvalue weighted by molar-refractivity contribution is -0.0666. The van der Waals surface area contributed by atoms with E-state index in [1.165, 1.54) is 25.7 Å². The van der Waals surface area contributed by atoms with Crippen LogP contribution in [0.4, 0.5) is 0 Å². The molecule has 2 unspecified atom stereocenters. The van der Waals surface area contributed by atoms with Crippen molar-refractivity contribution >= 4 is 17.2 Å². The number of ether oxygens (including phenoxy) is 1. The number of thiazole rings is 1. The highest BCUT2D eigenvalue weighted by Crippen LogP contribution is 2.37. The van der Waals surface area contributed by atoms with Crippen LogP contribution in [0.25, 0.3) is 0 Å². The minimum atomic E-state index is -0.275. The molecule has 1 aromatic rings. The second kappa shape index (κ2) is 6.64. The van der Waals surface area contributed by atoms with E-state index in [1.54, 1.807) is 11.3 Å². The van der Waals surface area contributed by atoms with Gasteiger partial charge in [-0.25, -0.2) is 4.98 Å². The lowest BCUT2D eigenvalue weighted by atomic mass is 10.1. The van der Waals surface area contributed by atoms with Crippen molar-refractivity contribution in [2.24, 2.45) is 0 Å². The molecule has 0 radical (unpaired) electrons. The molecule has 2 heterocycles. The first kappa shape index (κ1) is 15.9. The van der Waals surface area contributed by atoms with Gasteiger partial charge in [0.25, 0.3) is 5.91 Å². The third-order valence-electron chi connectivity index (χ3n) is 4.68. The second-order valence-electron chi connectivity index (χ2n) is 6.39. The van der Waals surface area contributed by atoms with Crippen LogP contribution < -0.4 is 0 Å². The van der Waals surface area contributed by atoms with Crippen LogP contribution in [0.2, 0.25) is 0 Å². The largest absolute Gasteiger partial charge is 0.394 e. The molecule has 6 heteroatoms. The van der Waals surface area contributed by atoms with Crippen molar-refractivity contribution in [1.29, 1.82) is 0 Å². The normalized spacial score (nSPS) is 26.6. The summed E-state index contributed by atoms with van der Waals surface area (Å²) in [6, 6.07) is 0.0340. The van der Waals surface area contributed by atoms with Crippen LogP contribution in [0.5, 0.6) is 0 Å². The Morgan fingerprint density at radius 3 is 2.86 bits per heavy atom. The van der Waals surface area contributed by atoms with Crippen LogP contribution >= 0.6 is 11.3 Å². The molecule has 0 bridgehead atoms. The highest BCUT2D eigenvalue weighted by molar-refractivity contribution is 7.13. The van der Waals surface area contributed by atoms with E-state index in [0.29, 0.717) is 19.1 Å². The third-order valence-corrected chi connectivity index (χ3v) is 5.99. The summed E-state index contributed by atoms with van der Waals surface area (Å²) < 4.78 is 5.52. The number of carbonyl (C=O) groups is 1. The minimum Gasteiger partial charge on any atom is -0.394 e. The van der Waals surface area contributed by atoms with Crippen molar-refractivity contribution in [3.63, 3.8) is 0 Å². The quantitative estimate of drug-likeness (QED) is 0.927. The Bertz CT molecular complexity index is 539. The van der Waals surface area contributed by atoms with Gasteiger partial charge in [-0.2, -0.15) is 0 Å². The zero-order valence-corrected chi connectivity index (χ0v) is 14.1. The van der Waals surface area contributed by atoms with Gasteiger partial charge in [0.15, 0.2) is 0 Å². The number of amides is 1. The van der Waals surface area contributed by atoms with Gasteiger partial charge in [-0.15, -0.1) is 11.3 Å². The van der Waals surface area contributed by atoms with Gasteiger partial charge in [-0.3, -0.25) is 4.79 Å². The van der Waals surface area contributed by atoms with Crippen molar-refractivity contribution in [3.8, 4) is 0 Å². The molecule has 2 fully saturated rings. The average molecular weight is 324 g/mol. The van der Waals surface area contributed by atoms with E-state index in [2.05, 4.69) is 4.98 Å². The smallest absolute Gasteiger partial charge is 0.266 e. The number of nitrogens with zero attached hydrogens (tertiary/aromatic N) is 2. The Hall–Kier alpha value is -0.980. The first-order valence-corrected chi connectivity index (χ1v) is 8.92. The summed E-state index contributed by atoms with van der Waals surface area (Å²) in [7, 11) is 0. The summed E-state index contributed by atoms with van der Waals surface area (Å²) in [6.45, 7) is 4.79. The Balaban J connectivity index is 1.79. The van der Waals surface area contributed by atoms with Gasteiger partial charge in [-0.05, 0) is 26.7 Å². The van der Waals surface area contributed by atoms with Crippen LogP contribution in [-0.4, -0.2) is 52.8 Å². The zero-order chi connectivity index (χ0) is 15.7. The van der Waals surface area contributed by atoms with Gasteiger partial charge in [-0.1, -0.05) is 12.8 Å². The standard InChI is InChI=1S/C16H24N2O3S/c1-10-9-21-13(8-19)7-18(10)16(20)14-11(2)17-15(22-14)12-5-3-4-6-12/h10,12-13,19H,3-9H2,1-2H3. The first-order chi connectivity index (χ1) is 10.6. The molecule has 3 rings (SSSR count). The third kappa shape index (κ3) is 3.05. The highest BCUT2D eigenvalue weighted by Gasteiger charge is 2.32. The van der Waals surface area contributed by atoms with Crippen LogP contribution in [0.3, 0.4) is 0 Å². The van der Waals surface area contributed by atoms with Crippen molar-refractivity contribution in [2.75, 3.05) is 19.8 Å². The zero-order valence-electron chi connectivity index (χ0n) is 13.2. The number of aromatic nitrogens is 1. The molecule has 1 saturated heterocycles. The molecule has 0 spiro atoms. The molecule has 22 heavy (non-hydrogen) atoms. The van der Waals surface area contributed by atoms with E-state index in [-0.39, 0.29) is 24.7 Å². The van der Waals surface area contributed by atoms with Crippen molar-refractivity contribution in [3.05, 3.63) is 15.6 Å². The SMILES string of the molecule is Cc1nc(C2CCCC2)sc1C(=O)N1CC(CO)OCC1C. The molecule has 5 nitrogen and oxygen atoms in total. The second-order valence-corrected chi connectivity index (χ2v) is 7.42. The summed E-state index contributed by atoms with van der Waals surface area (Å²) in [6.07, 6.45) is 4.65. The minimum absolute atomic E-state index is 0.0340. The number of aliphatic hydroxyl groups is 1.